The van der Waals surface area contributed by atoms with Gasteiger partial charge in [-0.25, -0.2) is 16.8 Å². The molecule has 0 fully saturated rings. The third-order valence-electron chi connectivity index (χ3n) is 2.25. The molecule has 2 N–H and O–H groups in total. The molecule has 17 heavy (non-hydrogen) atoms. The van der Waals surface area contributed by atoms with Crippen LogP contribution in [0.3, 0.4) is 0 Å². The highest BCUT2D eigenvalue weighted by molar-refractivity contribution is 8.67. The largest absolute Gasteiger partial charge is 0.399 e. The van der Waals surface area contributed by atoms with Crippen LogP contribution in [0.5, 0.6) is 0 Å². The smallest absolute Gasteiger partial charge is 0.282 e. The minimum absolute atomic E-state index is 0.234. The number of hydrogen-bond donors (Lipinski definition) is 1. The minimum atomic E-state index is -4.31. The Labute approximate surface area is 101 Å². The Balaban J connectivity index is 3.16. The van der Waals surface area contributed by atoms with Crippen molar-refractivity contribution < 1.29 is 16.8 Å². The van der Waals surface area contributed by atoms with Crippen molar-refractivity contribution in [3.8, 4) is 0 Å². The van der Waals surface area contributed by atoms with E-state index in [1.165, 1.54) is 24.3 Å². The predicted molar refractivity (Wildman–Crippen MR) is 66.7 cm³/mol. The molecule has 0 aliphatic carbocycles. The zero-order chi connectivity index (χ0) is 13.1. The maximum atomic E-state index is 11.8. The lowest BCUT2D eigenvalue weighted by atomic mass is 10.3. The van der Waals surface area contributed by atoms with Gasteiger partial charge in [-0.3, -0.25) is 0 Å². The van der Waals surface area contributed by atoms with Crippen molar-refractivity contribution in [2.24, 2.45) is 0 Å². The van der Waals surface area contributed by atoms with Crippen molar-refractivity contribution in [1.82, 2.24) is 0 Å². The zero-order valence-electron chi connectivity index (χ0n) is 9.46. The fourth-order valence-electron chi connectivity index (χ4n) is 1.21. The van der Waals surface area contributed by atoms with E-state index in [4.69, 9.17) is 5.73 Å². The molecule has 96 valence electrons. The third-order valence-corrected chi connectivity index (χ3v) is 7.64. The number of rotatable bonds is 5. The molecule has 1 rings (SSSR count). The third kappa shape index (κ3) is 2.98. The Morgan fingerprint density at radius 1 is 1.06 bits per heavy atom. The van der Waals surface area contributed by atoms with Gasteiger partial charge in [-0.1, -0.05) is 13.3 Å². The summed E-state index contributed by atoms with van der Waals surface area (Å²) in [4.78, 5) is -0.234. The molecule has 1 aromatic rings. The highest BCUT2D eigenvalue weighted by Crippen LogP contribution is 2.19. The summed E-state index contributed by atoms with van der Waals surface area (Å²) >= 11 is 0. The molecular weight excluding hydrogens is 262 g/mol. The number of hydrogen-bond acceptors (Lipinski definition) is 5. The molecule has 0 aliphatic rings. The second-order valence-corrected chi connectivity index (χ2v) is 9.38. The van der Waals surface area contributed by atoms with E-state index in [1.54, 1.807) is 6.92 Å². The lowest BCUT2D eigenvalue weighted by Gasteiger charge is -2.05. The number of benzene rings is 1. The maximum absolute atomic E-state index is 11.8. The van der Waals surface area contributed by atoms with Gasteiger partial charge in [0.15, 0.2) is 0 Å². The molecular formula is C10H15NO4S2. The first-order valence-electron chi connectivity index (χ1n) is 5.14. The summed E-state index contributed by atoms with van der Waals surface area (Å²) in [5, 5.41) is 0. The standard InChI is InChI=1S/C10H15NO4S2/c1-2-3-8-16(12,13)17(14,15)10-6-4-9(11)5-7-10/h4-7H,2-3,8,11H2,1H3. The van der Waals surface area contributed by atoms with Crippen molar-refractivity contribution >= 4 is 23.4 Å². The quantitative estimate of drug-likeness (QED) is 0.644. The van der Waals surface area contributed by atoms with Gasteiger partial charge >= 0.3 is 0 Å². The molecule has 0 unspecified atom stereocenters. The molecule has 0 heterocycles. The number of nitrogens with two attached hydrogens (primary N) is 1. The van der Waals surface area contributed by atoms with Gasteiger partial charge in [0, 0.05) is 5.69 Å². The van der Waals surface area contributed by atoms with E-state index >= 15 is 0 Å². The fraction of sp³-hybridized carbons (Fsp3) is 0.400. The highest BCUT2D eigenvalue weighted by Gasteiger charge is 2.30. The van der Waals surface area contributed by atoms with Crippen molar-refractivity contribution in [3.63, 3.8) is 0 Å². The molecule has 0 aliphatic heterocycles. The first-order chi connectivity index (χ1) is 7.81. The van der Waals surface area contributed by atoms with E-state index in [9.17, 15) is 16.8 Å². The zero-order valence-corrected chi connectivity index (χ0v) is 11.1. The molecule has 1 aromatic carbocycles. The number of anilines is 1. The van der Waals surface area contributed by atoms with Crippen molar-refractivity contribution in [3.05, 3.63) is 24.3 Å². The average molecular weight is 277 g/mol. The second kappa shape index (κ2) is 5.05. The monoisotopic (exact) mass is 277 g/mol. The van der Waals surface area contributed by atoms with Crippen molar-refractivity contribution in [2.45, 2.75) is 24.7 Å². The summed E-state index contributed by atoms with van der Waals surface area (Å²) in [6, 6.07) is 5.13. The van der Waals surface area contributed by atoms with Crippen LogP contribution in [0.15, 0.2) is 29.2 Å². The summed E-state index contributed by atoms with van der Waals surface area (Å²) in [5.74, 6) is -0.351. The van der Waals surface area contributed by atoms with Crippen LogP contribution in [-0.4, -0.2) is 22.6 Å². The summed E-state index contributed by atoms with van der Waals surface area (Å²) in [6.45, 7) is 1.80. The second-order valence-electron chi connectivity index (χ2n) is 3.64. The summed E-state index contributed by atoms with van der Waals surface area (Å²) in [5.41, 5.74) is 5.80. The minimum Gasteiger partial charge on any atom is -0.399 e. The van der Waals surface area contributed by atoms with Gasteiger partial charge in [0.25, 0.3) is 17.7 Å². The molecule has 5 nitrogen and oxygen atoms in total. The van der Waals surface area contributed by atoms with E-state index in [0.29, 0.717) is 18.5 Å². The van der Waals surface area contributed by atoms with Gasteiger partial charge < -0.3 is 5.73 Å². The summed E-state index contributed by atoms with van der Waals surface area (Å²) < 4.78 is 47.0. The van der Waals surface area contributed by atoms with Crippen LogP contribution in [0.1, 0.15) is 19.8 Å². The Kier molecular flexibility index (Phi) is 4.16. The molecule has 0 bridgehead atoms. The van der Waals surface area contributed by atoms with Gasteiger partial charge in [0.05, 0.1) is 10.6 Å². The van der Waals surface area contributed by atoms with Crippen molar-refractivity contribution in [2.75, 3.05) is 11.5 Å². The fourth-order valence-corrected chi connectivity index (χ4v) is 5.06. The van der Waals surface area contributed by atoms with E-state index < -0.39 is 17.7 Å². The average Bonchev–Trinajstić information content (AvgIpc) is 2.27. The molecule has 0 spiro atoms. The van der Waals surface area contributed by atoms with Gasteiger partial charge in [-0.2, -0.15) is 0 Å². The Morgan fingerprint density at radius 2 is 1.59 bits per heavy atom. The van der Waals surface area contributed by atoms with Crippen LogP contribution >= 0.6 is 0 Å². The first kappa shape index (κ1) is 14.0. The lowest BCUT2D eigenvalue weighted by molar-refractivity contribution is 0.581. The number of nitrogen functional groups attached to an aromatic ring is 1. The highest BCUT2D eigenvalue weighted by atomic mass is 33.2. The SMILES string of the molecule is CCCCS(=O)(=O)S(=O)(=O)c1ccc(N)cc1. The topological polar surface area (TPSA) is 94.3 Å². The van der Waals surface area contributed by atoms with Crippen LogP contribution in [0.4, 0.5) is 5.69 Å². The first-order valence-corrected chi connectivity index (χ1v) is 8.80. The van der Waals surface area contributed by atoms with E-state index in [0.717, 1.165) is 0 Å². The van der Waals surface area contributed by atoms with Crippen LogP contribution in [-0.2, 0) is 17.7 Å². The van der Waals surface area contributed by atoms with Gasteiger partial charge in [-0.05, 0) is 30.7 Å². The molecule has 7 heteroatoms. The summed E-state index contributed by atoms with van der Waals surface area (Å²) in [7, 11) is -8.47. The molecule has 0 atom stereocenters. The Hall–Kier alpha value is -1.08. The van der Waals surface area contributed by atoms with Gasteiger partial charge in [0.2, 0.25) is 0 Å². The van der Waals surface area contributed by atoms with Crippen LogP contribution in [0.2, 0.25) is 0 Å². The molecule has 0 saturated heterocycles. The van der Waals surface area contributed by atoms with Crippen molar-refractivity contribution in [1.29, 1.82) is 0 Å². The van der Waals surface area contributed by atoms with E-state index in [2.05, 4.69) is 0 Å². The molecule has 0 saturated carbocycles. The summed E-state index contributed by atoms with van der Waals surface area (Å²) in [6.07, 6.45) is 0.951. The Bertz CT molecular complexity index is 573. The molecule has 0 amide bonds. The van der Waals surface area contributed by atoms with Crippen LogP contribution in [0, 0.1) is 0 Å². The van der Waals surface area contributed by atoms with Gasteiger partial charge in [0.1, 0.15) is 0 Å². The number of unbranched alkanes of at least 4 members (excludes halogenated alkanes) is 1. The van der Waals surface area contributed by atoms with Crippen LogP contribution in [0.25, 0.3) is 0 Å². The normalized spacial score (nSPS) is 12.5. The van der Waals surface area contributed by atoms with E-state index in [-0.39, 0.29) is 10.6 Å². The predicted octanol–water partition coefficient (Wildman–Crippen LogP) is 1.17. The van der Waals surface area contributed by atoms with Gasteiger partial charge in [-0.15, -0.1) is 0 Å². The maximum Gasteiger partial charge on any atom is 0.282 e. The molecule has 0 aromatic heterocycles. The lowest BCUT2D eigenvalue weighted by Crippen LogP contribution is -2.19. The van der Waals surface area contributed by atoms with E-state index in [1.807, 2.05) is 0 Å². The Morgan fingerprint density at radius 3 is 2.06 bits per heavy atom. The molecule has 0 radical (unpaired) electrons. The van der Waals surface area contributed by atoms with Crippen LogP contribution < -0.4 is 5.73 Å².